The van der Waals surface area contributed by atoms with Gasteiger partial charge in [0.2, 0.25) is 5.91 Å². The lowest BCUT2D eigenvalue weighted by Crippen LogP contribution is -2.18. The summed E-state index contributed by atoms with van der Waals surface area (Å²) in [5.74, 6) is -0.00800. The number of rotatable bonds is 8. The first-order chi connectivity index (χ1) is 11.7. The number of hydrogen-bond acceptors (Lipinski definition) is 2. The molecule has 0 aliphatic rings. The van der Waals surface area contributed by atoms with Crippen LogP contribution in [0.5, 0.6) is 0 Å². The molecule has 0 atom stereocenters. The predicted molar refractivity (Wildman–Crippen MR) is 101 cm³/mol. The zero-order valence-electron chi connectivity index (χ0n) is 14.6. The number of carbonyl (C=O) groups is 1. The first kappa shape index (κ1) is 17.9. The Morgan fingerprint density at radius 1 is 0.917 bits per heavy atom. The maximum absolute atomic E-state index is 11.8. The van der Waals surface area contributed by atoms with Crippen molar-refractivity contribution in [1.29, 1.82) is 0 Å². The molecule has 3 heteroatoms. The Kier molecular flexibility index (Phi) is 7.21. The van der Waals surface area contributed by atoms with Gasteiger partial charge < -0.3 is 0 Å². The zero-order chi connectivity index (χ0) is 17.2. The number of benzene rings is 2. The third-order valence-electron chi connectivity index (χ3n) is 4.02. The highest BCUT2D eigenvalue weighted by Crippen LogP contribution is 2.19. The highest BCUT2D eigenvalue weighted by Gasteiger charge is 2.02. The van der Waals surface area contributed by atoms with Gasteiger partial charge in [0, 0.05) is 6.42 Å². The fraction of sp³-hybridized carbons (Fsp3) is 0.333. The molecule has 0 aliphatic heterocycles. The lowest BCUT2D eigenvalue weighted by atomic mass is 10.0. The molecule has 0 spiro atoms. The summed E-state index contributed by atoms with van der Waals surface area (Å²) in [6, 6.07) is 18.5. The number of amides is 1. The van der Waals surface area contributed by atoms with Gasteiger partial charge >= 0.3 is 0 Å². The maximum atomic E-state index is 11.8. The lowest BCUT2D eigenvalue weighted by molar-refractivity contribution is -0.121. The Bertz CT molecular complexity index is 660. The average molecular weight is 322 g/mol. The Hall–Kier alpha value is -2.42. The lowest BCUT2D eigenvalue weighted by Gasteiger charge is -2.05. The first-order valence-electron chi connectivity index (χ1n) is 8.69. The van der Waals surface area contributed by atoms with Crippen LogP contribution in [0.1, 0.15) is 51.5 Å². The van der Waals surface area contributed by atoms with Gasteiger partial charge in [0.1, 0.15) is 0 Å². The molecule has 0 aliphatic carbocycles. The van der Waals surface area contributed by atoms with E-state index in [-0.39, 0.29) is 5.91 Å². The molecule has 0 heterocycles. The van der Waals surface area contributed by atoms with E-state index in [1.807, 2.05) is 37.3 Å². The Labute approximate surface area is 144 Å². The van der Waals surface area contributed by atoms with E-state index in [2.05, 4.69) is 41.7 Å². The van der Waals surface area contributed by atoms with Gasteiger partial charge in [-0.05, 0) is 30.0 Å². The minimum absolute atomic E-state index is 0.00800. The molecule has 0 unspecified atom stereocenters. The molecular weight excluding hydrogens is 296 g/mol. The van der Waals surface area contributed by atoms with Crippen LogP contribution in [0.4, 0.5) is 0 Å². The van der Waals surface area contributed by atoms with Crippen molar-refractivity contribution in [3.63, 3.8) is 0 Å². The van der Waals surface area contributed by atoms with Crippen LogP contribution in [0.25, 0.3) is 11.1 Å². The fourth-order valence-corrected chi connectivity index (χ4v) is 2.51. The average Bonchev–Trinajstić information content (AvgIpc) is 2.64. The number of hydrazone groups is 1. The molecule has 2 aromatic rings. The Morgan fingerprint density at radius 2 is 1.58 bits per heavy atom. The minimum Gasteiger partial charge on any atom is -0.273 e. The summed E-state index contributed by atoms with van der Waals surface area (Å²) in [5.41, 5.74) is 6.85. The molecule has 0 saturated carbocycles. The van der Waals surface area contributed by atoms with Gasteiger partial charge in [-0.1, -0.05) is 80.8 Å². The van der Waals surface area contributed by atoms with Crippen LogP contribution in [0.3, 0.4) is 0 Å². The van der Waals surface area contributed by atoms with Crippen molar-refractivity contribution in [3.05, 3.63) is 60.2 Å². The van der Waals surface area contributed by atoms with Crippen LogP contribution >= 0.6 is 0 Å². The summed E-state index contributed by atoms with van der Waals surface area (Å²) in [6.07, 6.45) is 4.94. The molecule has 0 saturated heterocycles. The SMILES string of the molecule is CCCCCCC(=O)N/N=C(\C)c1ccc(-c2ccccc2)cc1. The number of nitrogens with one attached hydrogen (secondary N) is 1. The second-order valence-electron chi connectivity index (χ2n) is 5.99. The van der Waals surface area contributed by atoms with E-state index < -0.39 is 0 Å². The van der Waals surface area contributed by atoms with E-state index in [1.165, 1.54) is 24.0 Å². The molecule has 0 radical (unpaired) electrons. The first-order valence-corrected chi connectivity index (χ1v) is 8.69. The van der Waals surface area contributed by atoms with Crippen molar-refractivity contribution >= 4 is 11.6 Å². The van der Waals surface area contributed by atoms with Crippen LogP contribution in [0.2, 0.25) is 0 Å². The normalized spacial score (nSPS) is 11.3. The van der Waals surface area contributed by atoms with Crippen molar-refractivity contribution in [3.8, 4) is 11.1 Å². The Balaban J connectivity index is 1.90. The Morgan fingerprint density at radius 3 is 2.25 bits per heavy atom. The molecule has 1 amide bonds. The second kappa shape index (κ2) is 9.66. The van der Waals surface area contributed by atoms with Crippen LogP contribution in [-0.2, 0) is 4.79 Å². The number of carbonyl (C=O) groups excluding carboxylic acids is 1. The summed E-state index contributed by atoms with van der Waals surface area (Å²) in [7, 11) is 0. The van der Waals surface area contributed by atoms with Crippen LogP contribution in [-0.4, -0.2) is 11.6 Å². The predicted octanol–water partition coefficient (Wildman–Crippen LogP) is 5.16. The second-order valence-corrected chi connectivity index (χ2v) is 5.99. The zero-order valence-corrected chi connectivity index (χ0v) is 14.6. The van der Waals surface area contributed by atoms with E-state index >= 15 is 0 Å². The van der Waals surface area contributed by atoms with E-state index in [1.54, 1.807) is 0 Å². The highest BCUT2D eigenvalue weighted by molar-refractivity contribution is 5.99. The largest absolute Gasteiger partial charge is 0.273 e. The summed E-state index contributed by atoms with van der Waals surface area (Å²) in [5, 5.41) is 4.21. The standard InChI is InChI=1S/C21H26N2O/c1-3-4-5-9-12-21(24)23-22-17(2)18-13-15-20(16-14-18)19-10-7-6-8-11-19/h6-8,10-11,13-16H,3-5,9,12H2,1-2H3,(H,23,24)/b22-17+. The van der Waals surface area contributed by atoms with E-state index in [0.717, 1.165) is 24.1 Å². The van der Waals surface area contributed by atoms with E-state index in [9.17, 15) is 4.79 Å². The summed E-state index contributed by atoms with van der Waals surface area (Å²) >= 11 is 0. The van der Waals surface area contributed by atoms with Crippen LogP contribution < -0.4 is 5.43 Å². The smallest absolute Gasteiger partial charge is 0.240 e. The van der Waals surface area contributed by atoms with Gasteiger partial charge in [-0.25, -0.2) is 5.43 Å². The van der Waals surface area contributed by atoms with Gasteiger partial charge in [0.25, 0.3) is 0 Å². The van der Waals surface area contributed by atoms with E-state index in [4.69, 9.17) is 0 Å². The van der Waals surface area contributed by atoms with E-state index in [0.29, 0.717) is 6.42 Å². The molecule has 3 nitrogen and oxygen atoms in total. The van der Waals surface area contributed by atoms with Crippen molar-refractivity contribution in [1.82, 2.24) is 5.43 Å². The fourth-order valence-electron chi connectivity index (χ4n) is 2.51. The topological polar surface area (TPSA) is 41.5 Å². The van der Waals surface area contributed by atoms with Crippen molar-refractivity contribution in [2.24, 2.45) is 5.10 Å². The molecule has 126 valence electrons. The van der Waals surface area contributed by atoms with Crippen LogP contribution in [0, 0.1) is 0 Å². The third-order valence-corrected chi connectivity index (χ3v) is 4.02. The molecule has 24 heavy (non-hydrogen) atoms. The number of unbranched alkanes of at least 4 members (excludes halogenated alkanes) is 3. The highest BCUT2D eigenvalue weighted by atomic mass is 16.2. The molecule has 1 N–H and O–H groups in total. The van der Waals surface area contributed by atoms with Gasteiger partial charge in [-0.3, -0.25) is 4.79 Å². The molecule has 2 aromatic carbocycles. The summed E-state index contributed by atoms with van der Waals surface area (Å²) < 4.78 is 0. The summed E-state index contributed by atoms with van der Waals surface area (Å²) in [4.78, 5) is 11.8. The molecule has 0 aromatic heterocycles. The monoisotopic (exact) mass is 322 g/mol. The number of hydrogen-bond donors (Lipinski definition) is 1. The van der Waals surface area contributed by atoms with Crippen molar-refractivity contribution in [2.75, 3.05) is 0 Å². The minimum atomic E-state index is -0.00800. The quantitative estimate of drug-likeness (QED) is 0.407. The van der Waals surface area contributed by atoms with Gasteiger partial charge in [0.15, 0.2) is 0 Å². The van der Waals surface area contributed by atoms with Gasteiger partial charge in [0.05, 0.1) is 5.71 Å². The van der Waals surface area contributed by atoms with Gasteiger partial charge in [-0.2, -0.15) is 5.10 Å². The maximum Gasteiger partial charge on any atom is 0.240 e. The third kappa shape index (κ3) is 5.65. The number of nitrogens with zero attached hydrogens (tertiary/aromatic N) is 1. The van der Waals surface area contributed by atoms with Crippen molar-refractivity contribution in [2.45, 2.75) is 46.0 Å². The molecule has 0 bridgehead atoms. The summed E-state index contributed by atoms with van der Waals surface area (Å²) in [6.45, 7) is 4.08. The van der Waals surface area contributed by atoms with Crippen LogP contribution in [0.15, 0.2) is 59.7 Å². The van der Waals surface area contributed by atoms with Gasteiger partial charge in [-0.15, -0.1) is 0 Å². The van der Waals surface area contributed by atoms with Crippen molar-refractivity contribution < 1.29 is 4.79 Å². The molecule has 2 rings (SSSR count). The molecule has 0 fully saturated rings. The molecular formula is C21H26N2O.